The number of alkyl halides is 3. The summed E-state index contributed by atoms with van der Waals surface area (Å²) >= 11 is 0.782. The summed E-state index contributed by atoms with van der Waals surface area (Å²) in [7, 11) is 0. The quantitative estimate of drug-likeness (QED) is 0.172. The number of hydrazine groups is 1. The first-order chi connectivity index (χ1) is 19.5. The minimum Gasteiger partial charge on any atom is -0.474 e. The summed E-state index contributed by atoms with van der Waals surface area (Å²) < 4.78 is 46.6. The normalized spacial score (nSPS) is 14.6. The number of halogens is 3. The van der Waals surface area contributed by atoms with Crippen LogP contribution in [0.3, 0.4) is 0 Å². The van der Waals surface area contributed by atoms with E-state index in [1.54, 1.807) is 6.92 Å². The van der Waals surface area contributed by atoms with Gasteiger partial charge < -0.3 is 15.0 Å². The highest BCUT2D eigenvalue weighted by Crippen LogP contribution is 2.41. The minimum absolute atomic E-state index is 0.0264. The molecule has 11 nitrogen and oxygen atoms in total. The Kier molecular flexibility index (Phi) is 9.40. The number of carbonyl (C=O) groups is 2. The van der Waals surface area contributed by atoms with Gasteiger partial charge >= 0.3 is 12.2 Å². The fraction of sp³-hybridized carbons (Fsp3) is 0.423. The third-order valence-corrected chi connectivity index (χ3v) is 7.40. The van der Waals surface area contributed by atoms with Crippen LogP contribution in [0.1, 0.15) is 49.7 Å². The van der Waals surface area contributed by atoms with Crippen LogP contribution in [0.2, 0.25) is 0 Å². The zero-order valence-electron chi connectivity index (χ0n) is 22.7. The summed E-state index contributed by atoms with van der Waals surface area (Å²) in [6.07, 6.45) is -0.645. The van der Waals surface area contributed by atoms with Crippen molar-refractivity contribution >= 4 is 29.1 Å². The number of carbonyl (C=O) groups excluding carboxylic acids is 2. The fourth-order valence-corrected chi connectivity index (χ4v) is 5.23. The van der Waals surface area contributed by atoms with Crippen molar-refractivity contribution < 1.29 is 27.5 Å². The summed E-state index contributed by atoms with van der Waals surface area (Å²) in [5, 5.41) is 6.07. The predicted molar refractivity (Wildman–Crippen MR) is 148 cm³/mol. The van der Waals surface area contributed by atoms with E-state index in [9.17, 15) is 22.8 Å². The van der Waals surface area contributed by atoms with Crippen molar-refractivity contribution in [3.05, 3.63) is 41.2 Å². The van der Waals surface area contributed by atoms with E-state index in [1.807, 2.05) is 0 Å². The molecule has 5 N–H and O–H groups in total. The van der Waals surface area contributed by atoms with Crippen LogP contribution in [0.5, 0.6) is 5.88 Å². The van der Waals surface area contributed by atoms with Gasteiger partial charge in [0.2, 0.25) is 5.88 Å². The van der Waals surface area contributed by atoms with Gasteiger partial charge in [-0.15, -0.1) is 11.3 Å². The van der Waals surface area contributed by atoms with Gasteiger partial charge in [-0.1, -0.05) is 0 Å². The summed E-state index contributed by atoms with van der Waals surface area (Å²) in [5.41, 5.74) is 1.96. The number of nitrogens with one attached hydrogen (secondary N) is 3. The monoisotopic (exact) mass is 592 g/mol. The number of thiazole rings is 1. The van der Waals surface area contributed by atoms with Gasteiger partial charge in [-0.05, 0) is 45.7 Å². The number of nitrogen functional groups attached to an aromatic ring is 1. The Hall–Kier alpha value is -3.82. The van der Waals surface area contributed by atoms with Crippen molar-refractivity contribution in [1.29, 1.82) is 0 Å². The second-order valence-corrected chi connectivity index (χ2v) is 10.5. The molecule has 4 heterocycles. The average molecular weight is 593 g/mol. The predicted octanol–water partition coefficient (Wildman–Crippen LogP) is 4.28. The van der Waals surface area contributed by atoms with Crippen LogP contribution in [-0.4, -0.2) is 63.6 Å². The molecule has 0 unspecified atom stereocenters. The first kappa shape index (κ1) is 30.1. The Balaban J connectivity index is 1.80. The first-order valence-corrected chi connectivity index (χ1v) is 13.9. The van der Waals surface area contributed by atoms with Gasteiger partial charge in [-0.2, -0.15) is 13.2 Å². The molecule has 0 spiro atoms. The van der Waals surface area contributed by atoms with Crippen LogP contribution in [0.15, 0.2) is 29.9 Å². The van der Waals surface area contributed by atoms with Crippen molar-refractivity contribution in [2.24, 2.45) is 5.84 Å². The van der Waals surface area contributed by atoms with Crippen molar-refractivity contribution in [3.63, 3.8) is 0 Å². The molecule has 4 rings (SSSR count). The molecular weight excluding hydrogens is 561 g/mol. The fourth-order valence-electron chi connectivity index (χ4n) is 4.38. The third-order valence-electron chi connectivity index (χ3n) is 6.53. The summed E-state index contributed by atoms with van der Waals surface area (Å²) in [5.74, 6) is 4.99. The molecule has 0 radical (unpaired) electrons. The number of pyridine rings is 2. The van der Waals surface area contributed by atoms with Gasteiger partial charge in [-0.25, -0.2) is 25.6 Å². The Morgan fingerprint density at radius 1 is 1.15 bits per heavy atom. The topological polar surface area (TPSA) is 147 Å². The van der Waals surface area contributed by atoms with E-state index < -0.39 is 23.8 Å². The molecule has 15 heteroatoms. The molecule has 1 saturated heterocycles. The first-order valence-electron chi connectivity index (χ1n) is 13.0. The molecule has 0 bridgehead atoms. The number of ether oxygens (including phenoxy) is 1. The smallest absolute Gasteiger partial charge is 0.434 e. The number of nitrogens with two attached hydrogens (primary N) is 1. The van der Waals surface area contributed by atoms with Crippen molar-refractivity contribution in [2.45, 2.75) is 51.9 Å². The number of amides is 3. The van der Waals surface area contributed by atoms with Gasteiger partial charge in [0.05, 0.1) is 5.56 Å². The lowest BCUT2D eigenvalue weighted by Gasteiger charge is -2.34. The molecule has 0 aromatic carbocycles. The molecule has 1 aliphatic heterocycles. The molecule has 220 valence electrons. The van der Waals surface area contributed by atoms with E-state index in [4.69, 9.17) is 10.6 Å². The molecule has 1 fully saturated rings. The number of hydrogen-bond donors (Lipinski definition) is 4. The highest BCUT2D eigenvalue weighted by atomic mass is 32.1. The van der Waals surface area contributed by atoms with Crippen molar-refractivity contribution in [1.82, 2.24) is 30.6 Å². The average Bonchev–Trinajstić information content (AvgIpc) is 3.45. The van der Waals surface area contributed by atoms with Crippen LogP contribution in [0.25, 0.3) is 21.7 Å². The van der Waals surface area contributed by atoms with E-state index in [-0.39, 0.29) is 33.9 Å². The van der Waals surface area contributed by atoms with E-state index >= 15 is 0 Å². The van der Waals surface area contributed by atoms with Crippen molar-refractivity contribution in [2.75, 3.05) is 25.0 Å². The lowest BCUT2D eigenvalue weighted by Crippen LogP contribution is -2.41. The molecule has 3 aromatic rings. The number of anilines is 1. The summed E-state index contributed by atoms with van der Waals surface area (Å²) in [4.78, 5) is 39.3. The maximum atomic E-state index is 13.4. The van der Waals surface area contributed by atoms with Crippen LogP contribution < -0.4 is 26.6 Å². The lowest BCUT2D eigenvalue weighted by molar-refractivity contribution is -0.140. The van der Waals surface area contributed by atoms with E-state index in [0.717, 1.165) is 42.6 Å². The highest BCUT2D eigenvalue weighted by molar-refractivity contribution is 7.13. The zero-order chi connectivity index (χ0) is 29.7. The third kappa shape index (κ3) is 7.28. The number of piperidine rings is 1. The summed E-state index contributed by atoms with van der Waals surface area (Å²) in [6, 6.07) is 2.78. The number of aromatic nitrogens is 3. The van der Waals surface area contributed by atoms with Crippen LogP contribution in [0, 0.1) is 0 Å². The Morgan fingerprint density at radius 2 is 1.88 bits per heavy atom. The van der Waals surface area contributed by atoms with Gasteiger partial charge in [0.15, 0.2) is 5.69 Å². The molecule has 3 amide bonds. The highest BCUT2D eigenvalue weighted by Gasteiger charge is 2.34. The standard InChI is InChI=1S/C26H31F3N8O3S/c1-4-31-25(39)35-21-10-18(24-34-20(13-41-24)26(27,28)29)19(12-32-21)17-9-15(22(38)36-30)11-33-23(17)40-16-5-7-37(8-6-16)14(2)3/h9-14,16H,4-8,30H2,1-3H3,(H,36,38)(H2,31,32,35,39). The molecule has 3 aromatic heterocycles. The van der Waals surface area contributed by atoms with Crippen molar-refractivity contribution in [3.8, 4) is 27.6 Å². The zero-order valence-corrected chi connectivity index (χ0v) is 23.5. The summed E-state index contributed by atoms with van der Waals surface area (Å²) in [6.45, 7) is 8.01. The Morgan fingerprint density at radius 3 is 2.49 bits per heavy atom. The maximum Gasteiger partial charge on any atom is 0.434 e. The number of nitrogens with zero attached hydrogens (tertiary/aromatic N) is 4. The second kappa shape index (κ2) is 12.8. The maximum absolute atomic E-state index is 13.4. The minimum atomic E-state index is -4.65. The van der Waals surface area contributed by atoms with Crippen LogP contribution in [-0.2, 0) is 6.18 Å². The van der Waals surface area contributed by atoms with E-state index in [2.05, 4.69) is 49.8 Å². The van der Waals surface area contributed by atoms with Gasteiger partial charge in [-0.3, -0.25) is 15.5 Å². The van der Waals surface area contributed by atoms with E-state index in [0.29, 0.717) is 23.7 Å². The Bertz CT molecular complexity index is 1390. The Labute approximate surface area is 238 Å². The molecular formula is C26H31F3N8O3S. The van der Waals surface area contributed by atoms with Crippen LogP contribution >= 0.6 is 11.3 Å². The van der Waals surface area contributed by atoms with Gasteiger partial charge in [0, 0.05) is 60.1 Å². The number of rotatable bonds is 8. The molecule has 0 saturated carbocycles. The van der Waals surface area contributed by atoms with Gasteiger partial charge in [0.25, 0.3) is 5.91 Å². The molecule has 1 aliphatic rings. The van der Waals surface area contributed by atoms with E-state index in [1.165, 1.54) is 24.5 Å². The van der Waals surface area contributed by atoms with Crippen LogP contribution in [0.4, 0.5) is 23.8 Å². The molecule has 41 heavy (non-hydrogen) atoms. The SMILES string of the molecule is CCNC(=O)Nc1cc(-c2nc(C(F)(F)F)cs2)c(-c2cc(C(=O)NN)cnc2OC2CCN(C(C)C)CC2)cn1. The largest absolute Gasteiger partial charge is 0.474 e. The number of hydrogen-bond acceptors (Lipinski definition) is 9. The van der Waals surface area contributed by atoms with Gasteiger partial charge in [0.1, 0.15) is 16.9 Å². The number of urea groups is 1. The second-order valence-electron chi connectivity index (χ2n) is 9.63. The lowest BCUT2D eigenvalue weighted by atomic mass is 10.0. The number of likely N-dealkylation sites (tertiary alicyclic amines) is 1. The molecule has 0 aliphatic carbocycles. The molecule has 0 atom stereocenters.